The lowest BCUT2D eigenvalue weighted by atomic mass is 10.2. The highest BCUT2D eigenvalue weighted by molar-refractivity contribution is 7.99. The summed E-state index contributed by atoms with van der Waals surface area (Å²) < 4.78 is 1.92. The van der Waals surface area contributed by atoms with Crippen LogP contribution in [0.2, 0.25) is 5.02 Å². The van der Waals surface area contributed by atoms with E-state index >= 15 is 0 Å². The molecule has 0 radical (unpaired) electrons. The number of rotatable bonds is 3. The summed E-state index contributed by atoms with van der Waals surface area (Å²) in [7, 11) is 1.92. The minimum Gasteiger partial charge on any atom is -0.392 e. The maximum Gasteiger partial charge on any atom is 0.195 e. The van der Waals surface area contributed by atoms with Crippen molar-refractivity contribution < 1.29 is 5.11 Å². The molecule has 0 saturated heterocycles. The maximum atomic E-state index is 9.03. The molecule has 1 aromatic carbocycles. The van der Waals surface area contributed by atoms with E-state index in [4.69, 9.17) is 16.7 Å². The van der Waals surface area contributed by atoms with Gasteiger partial charge in [-0.2, -0.15) is 0 Å². The topological polar surface area (TPSA) is 50.9 Å². The van der Waals surface area contributed by atoms with Crippen LogP contribution < -0.4 is 0 Å². The number of aliphatic hydroxyl groups excluding tert-OH is 1. The monoisotopic (exact) mass is 269 g/mol. The first-order valence-electron chi connectivity index (χ1n) is 5.05. The van der Waals surface area contributed by atoms with Gasteiger partial charge >= 0.3 is 0 Å². The lowest BCUT2D eigenvalue weighted by Gasteiger charge is -2.04. The number of hydrogen-bond acceptors (Lipinski definition) is 4. The Morgan fingerprint density at radius 1 is 1.41 bits per heavy atom. The molecule has 0 fully saturated rings. The number of aryl methyl sites for hydroxylation is 1. The molecule has 2 rings (SSSR count). The van der Waals surface area contributed by atoms with Crippen LogP contribution in [0.4, 0.5) is 0 Å². The van der Waals surface area contributed by atoms with Crippen LogP contribution in [-0.4, -0.2) is 19.9 Å². The van der Waals surface area contributed by atoms with E-state index in [1.54, 1.807) is 0 Å². The van der Waals surface area contributed by atoms with Crippen molar-refractivity contribution >= 4 is 23.4 Å². The van der Waals surface area contributed by atoms with Crippen LogP contribution in [0, 0.1) is 6.92 Å². The fourth-order valence-corrected chi connectivity index (χ4v) is 2.48. The molecule has 6 heteroatoms. The van der Waals surface area contributed by atoms with Gasteiger partial charge in [-0.05, 0) is 36.4 Å². The van der Waals surface area contributed by atoms with Crippen LogP contribution in [0.1, 0.15) is 11.4 Å². The third-order valence-corrected chi connectivity index (χ3v) is 3.84. The van der Waals surface area contributed by atoms with E-state index in [-0.39, 0.29) is 6.61 Å². The Bertz CT molecular complexity index is 542. The second kappa shape index (κ2) is 5.08. The van der Waals surface area contributed by atoms with Crippen molar-refractivity contribution in [3.05, 3.63) is 34.6 Å². The summed E-state index contributed by atoms with van der Waals surface area (Å²) in [4.78, 5) is 0.975. The molecule has 1 aromatic heterocycles. The van der Waals surface area contributed by atoms with Crippen LogP contribution in [0.15, 0.2) is 28.3 Å². The molecule has 0 aliphatic heterocycles. The van der Waals surface area contributed by atoms with E-state index in [9.17, 15) is 0 Å². The van der Waals surface area contributed by atoms with Crippen molar-refractivity contribution in [3.63, 3.8) is 0 Å². The second-order valence-electron chi connectivity index (χ2n) is 3.60. The van der Waals surface area contributed by atoms with Crippen LogP contribution >= 0.6 is 23.4 Å². The van der Waals surface area contributed by atoms with Gasteiger partial charge in [-0.15, -0.1) is 10.2 Å². The van der Waals surface area contributed by atoms with E-state index in [0.29, 0.717) is 5.02 Å². The van der Waals surface area contributed by atoms with Gasteiger partial charge < -0.3 is 9.67 Å². The van der Waals surface area contributed by atoms with Gasteiger partial charge in [0.25, 0.3) is 0 Å². The fraction of sp³-hybridized carbons (Fsp3) is 0.273. The first-order valence-corrected chi connectivity index (χ1v) is 6.24. The zero-order valence-corrected chi connectivity index (χ0v) is 11.1. The Morgan fingerprint density at radius 2 is 2.18 bits per heavy atom. The molecule has 0 amide bonds. The number of aromatic nitrogens is 3. The number of benzene rings is 1. The predicted molar refractivity (Wildman–Crippen MR) is 67.2 cm³/mol. The van der Waals surface area contributed by atoms with Crippen LogP contribution in [0.25, 0.3) is 0 Å². The quantitative estimate of drug-likeness (QED) is 0.930. The highest BCUT2D eigenvalue weighted by Gasteiger charge is 2.08. The smallest absolute Gasteiger partial charge is 0.195 e. The first-order chi connectivity index (χ1) is 8.11. The molecule has 1 heterocycles. The number of hydrogen-bond donors (Lipinski definition) is 1. The first kappa shape index (κ1) is 12.4. The Morgan fingerprint density at radius 3 is 2.71 bits per heavy atom. The average molecular weight is 270 g/mol. The van der Waals surface area contributed by atoms with E-state index in [1.165, 1.54) is 11.8 Å². The van der Waals surface area contributed by atoms with Crippen molar-refractivity contribution in [2.45, 2.75) is 23.6 Å². The highest BCUT2D eigenvalue weighted by Crippen LogP contribution is 2.29. The minimum absolute atomic E-state index is 0.0488. The van der Waals surface area contributed by atoms with Crippen molar-refractivity contribution in [3.8, 4) is 0 Å². The van der Waals surface area contributed by atoms with E-state index in [2.05, 4.69) is 10.2 Å². The molecule has 4 nitrogen and oxygen atoms in total. The van der Waals surface area contributed by atoms with Gasteiger partial charge in [-0.3, -0.25) is 0 Å². The van der Waals surface area contributed by atoms with Gasteiger partial charge in [0, 0.05) is 17.0 Å². The largest absolute Gasteiger partial charge is 0.392 e. The molecular formula is C11H12ClN3OS. The van der Waals surface area contributed by atoms with E-state index in [0.717, 1.165) is 21.4 Å². The molecule has 0 aliphatic rings. The summed E-state index contributed by atoms with van der Waals surface area (Å²) in [6.45, 7) is 1.85. The van der Waals surface area contributed by atoms with Crippen LogP contribution in [0.5, 0.6) is 0 Å². The van der Waals surface area contributed by atoms with Gasteiger partial charge in [0.15, 0.2) is 5.16 Å². The summed E-state index contributed by atoms with van der Waals surface area (Å²) in [6.07, 6.45) is 0. The third kappa shape index (κ3) is 2.62. The Balaban J connectivity index is 2.25. The average Bonchev–Trinajstić information content (AvgIpc) is 2.61. The summed E-state index contributed by atoms with van der Waals surface area (Å²) in [6, 6.07) is 5.54. The Kier molecular flexibility index (Phi) is 3.71. The van der Waals surface area contributed by atoms with Crippen LogP contribution in [-0.2, 0) is 13.7 Å². The van der Waals surface area contributed by atoms with Crippen molar-refractivity contribution in [2.75, 3.05) is 0 Å². The van der Waals surface area contributed by atoms with Gasteiger partial charge in [-0.25, -0.2) is 0 Å². The fourth-order valence-electron chi connectivity index (χ4n) is 1.30. The van der Waals surface area contributed by atoms with Gasteiger partial charge in [-0.1, -0.05) is 17.7 Å². The Hall–Kier alpha value is -1.04. The SMILES string of the molecule is Cc1nnc(Sc2ccc(CO)c(Cl)c2)n1C. The van der Waals surface area contributed by atoms with Gasteiger partial charge in [0.2, 0.25) is 0 Å². The minimum atomic E-state index is -0.0488. The Labute approximate surface area is 109 Å². The zero-order chi connectivity index (χ0) is 12.4. The van der Waals surface area contributed by atoms with Crippen molar-refractivity contribution in [2.24, 2.45) is 7.05 Å². The lowest BCUT2D eigenvalue weighted by molar-refractivity contribution is 0.282. The van der Waals surface area contributed by atoms with Crippen molar-refractivity contribution in [1.82, 2.24) is 14.8 Å². The van der Waals surface area contributed by atoms with Crippen LogP contribution in [0.3, 0.4) is 0 Å². The molecule has 0 atom stereocenters. The molecule has 90 valence electrons. The van der Waals surface area contributed by atoms with Gasteiger partial charge in [0.1, 0.15) is 5.82 Å². The lowest BCUT2D eigenvalue weighted by Crippen LogP contribution is -1.93. The van der Waals surface area contributed by atoms with Crippen molar-refractivity contribution in [1.29, 1.82) is 0 Å². The van der Waals surface area contributed by atoms with E-state index in [1.807, 2.05) is 36.7 Å². The zero-order valence-electron chi connectivity index (χ0n) is 9.51. The summed E-state index contributed by atoms with van der Waals surface area (Å²) >= 11 is 7.52. The normalized spacial score (nSPS) is 10.8. The standard InChI is InChI=1S/C11H12ClN3OS/c1-7-13-14-11(15(7)2)17-9-4-3-8(6-16)10(12)5-9/h3-5,16H,6H2,1-2H3. The van der Waals surface area contributed by atoms with Gasteiger partial charge in [0.05, 0.1) is 6.61 Å². The number of aliphatic hydroxyl groups is 1. The molecule has 0 spiro atoms. The molecule has 0 aliphatic carbocycles. The molecule has 17 heavy (non-hydrogen) atoms. The molecule has 1 N–H and O–H groups in total. The predicted octanol–water partition coefficient (Wildman–Crippen LogP) is 2.42. The molecular weight excluding hydrogens is 258 g/mol. The molecule has 0 unspecified atom stereocenters. The summed E-state index contributed by atoms with van der Waals surface area (Å²) in [5.41, 5.74) is 0.727. The number of halogens is 1. The summed E-state index contributed by atoms with van der Waals surface area (Å²) in [5.74, 6) is 0.866. The maximum absolute atomic E-state index is 9.03. The van der Waals surface area contributed by atoms with E-state index < -0.39 is 0 Å². The second-order valence-corrected chi connectivity index (χ2v) is 5.05. The number of nitrogens with zero attached hydrogens (tertiary/aromatic N) is 3. The summed E-state index contributed by atoms with van der Waals surface area (Å²) in [5, 5.41) is 18.5. The third-order valence-electron chi connectivity index (χ3n) is 2.46. The molecule has 0 saturated carbocycles. The highest BCUT2D eigenvalue weighted by atomic mass is 35.5. The molecule has 2 aromatic rings. The molecule has 0 bridgehead atoms.